The van der Waals surface area contributed by atoms with Crippen LogP contribution >= 0.6 is 0 Å². The van der Waals surface area contributed by atoms with Crippen LogP contribution in [0.4, 0.5) is 0 Å². The molecule has 0 heterocycles. The van der Waals surface area contributed by atoms with Crippen LogP contribution in [0.5, 0.6) is 0 Å². The van der Waals surface area contributed by atoms with Crippen LogP contribution in [0.3, 0.4) is 0 Å². The number of aryl methyl sites for hydroxylation is 1. The van der Waals surface area contributed by atoms with E-state index in [1.54, 1.807) is 12.1 Å². The molecule has 92 valence electrons. The molecule has 0 bridgehead atoms. The molecule has 0 atom stereocenters. The molecule has 1 N–H and O–H groups in total. The van der Waals surface area contributed by atoms with Crippen molar-refractivity contribution >= 4 is 15.7 Å². The average molecular weight is 253 g/mol. The Labute approximate surface area is 101 Å². The van der Waals surface area contributed by atoms with Crippen molar-refractivity contribution in [3.05, 3.63) is 46.9 Å². The van der Waals surface area contributed by atoms with Gasteiger partial charge >= 0.3 is 0 Å². The van der Waals surface area contributed by atoms with E-state index in [4.69, 9.17) is 0 Å². The summed E-state index contributed by atoms with van der Waals surface area (Å²) in [6.45, 7) is 2.14. The number of carbonyl (C=O) groups is 1. The normalized spacial score (nSPS) is 11.6. The third-order valence-electron chi connectivity index (χ3n) is 2.04. The third-order valence-corrected chi connectivity index (χ3v) is 2.72. The van der Waals surface area contributed by atoms with E-state index in [1.165, 1.54) is 6.08 Å². The first-order chi connectivity index (χ1) is 7.88. The monoisotopic (exact) mass is 253 g/mol. The molecule has 1 rings (SSSR count). The van der Waals surface area contributed by atoms with Crippen LogP contribution in [-0.4, -0.2) is 27.1 Å². The Balaban J connectivity index is 2.51. The highest BCUT2D eigenvalue weighted by molar-refractivity contribution is 7.93. The van der Waals surface area contributed by atoms with E-state index in [9.17, 15) is 13.2 Å². The molecule has 5 heteroatoms. The fourth-order valence-corrected chi connectivity index (χ4v) is 1.63. The van der Waals surface area contributed by atoms with E-state index >= 15 is 0 Å². The lowest BCUT2D eigenvalue weighted by Gasteiger charge is -2.02. The van der Waals surface area contributed by atoms with E-state index < -0.39 is 9.84 Å². The molecule has 1 aromatic carbocycles. The molecular formula is C12H15NO3S. The van der Waals surface area contributed by atoms with E-state index in [1.807, 2.05) is 19.1 Å². The molecule has 0 saturated heterocycles. The van der Waals surface area contributed by atoms with Gasteiger partial charge in [-0.2, -0.15) is 0 Å². The van der Waals surface area contributed by atoms with Crippen LogP contribution in [0.1, 0.15) is 15.9 Å². The molecule has 0 aromatic heterocycles. The van der Waals surface area contributed by atoms with Gasteiger partial charge < -0.3 is 5.32 Å². The predicted octanol–water partition coefficient (Wildman–Crippen LogP) is 1.28. The Kier molecular flexibility index (Phi) is 4.45. The molecule has 0 unspecified atom stereocenters. The number of hydrogen-bond acceptors (Lipinski definition) is 3. The number of rotatable bonds is 4. The fraction of sp³-hybridized carbons (Fsp3) is 0.250. The van der Waals surface area contributed by atoms with E-state index in [-0.39, 0.29) is 12.5 Å². The SMILES string of the molecule is Cc1ccc(C(=O)NC/C=C/S(C)(=O)=O)cc1. The highest BCUT2D eigenvalue weighted by Gasteiger charge is 2.02. The smallest absolute Gasteiger partial charge is 0.251 e. The van der Waals surface area contributed by atoms with Crippen molar-refractivity contribution < 1.29 is 13.2 Å². The molecule has 0 radical (unpaired) electrons. The zero-order valence-electron chi connectivity index (χ0n) is 9.80. The van der Waals surface area contributed by atoms with Gasteiger partial charge in [-0.05, 0) is 19.1 Å². The van der Waals surface area contributed by atoms with Crippen LogP contribution in [0.2, 0.25) is 0 Å². The first-order valence-electron chi connectivity index (χ1n) is 5.10. The maximum Gasteiger partial charge on any atom is 0.251 e. The fourth-order valence-electron chi connectivity index (χ4n) is 1.18. The van der Waals surface area contributed by atoms with Gasteiger partial charge in [0.05, 0.1) is 0 Å². The number of carbonyl (C=O) groups excluding carboxylic acids is 1. The summed E-state index contributed by atoms with van der Waals surface area (Å²) in [7, 11) is -3.12. The van der Waals surface area contributed by atoms with Gasteiger partial charge in [-0.3, -0.25) is 4.79 Å². The highest BCUT2D eigenvalue weighted by atomic mass is 32.2. The highest BCUT2D eigenvalue weighted by Crippen LogP contribution is 2.02. The van der Waals surface area contributed by atoms with Crippen LogP contribution < -0.4 is 5.32 Å². The largest absolute Gasteiger partial charge is 0.349 e. The molecule has 0 aliphatic carbocycles. The van der Waals surface area contributed by atoms with Crippen LogP contribution in [0, 0.1) is 6.92 Å². The second kappa shape index (κ2) is 5.63. The van der Waals surface area contributed by atoms with E-state index in [0.717, 1.165) is 17.2 Å². The maximum absolute atomic E-state index is 11.6. The van der Waals surface area contributed by atoms with Gasteiger partial charge in [0.2, 0.25) is 0 Å². The zero-order valence-corrected chi connectivity index (χ0v) is 10.6. The molecule has 0 saturated carbocycles. The minimum Gasteiger partial charge on any atom is -0.349 e. The zero-order chi connectivity index (χ0) is 12.9. The summed E-state index contributed by atoms with van der Waals surface area (Å²) < 4.78 is 21.6. The Morgan fingerprint density at radius 1 is 1.29 bits per heavy atom. The Morgan fingerprint density at radius 2 is 1.88 bits per heavy atom. The molecule has 0 aliphatic rings. The van der Waals surface area contributed by atoms with Crippen molar-refractivity contribution in [2.45, 2.75) is 6.92 Å². The number of sulfone groups is 1. The lowest BCUT2D eigenvalue weighted by Crippen LogP contribution is -2.23. The van der Waals surface area contributed by atoms with Crippen molar-refractivity contribution in [2.75, 3.05) is 12.8 Å². The number of hydrogen-bond donors (Lipinski definition) is 1. The van der Waals surface area contributed by atoms with E-state index in [0.29, 0.717) is 5.56 Å². The number of nitrogens with one attached hydrogen (secondary N) is 1. The van der Waals surface area contributed by atoms with E-state index in [2.05, 4.69) is 5.32 Å². The molecule has 0 aliphatic heterocycles. The summed E-state index contributed by atoms with van der Waals surface area (Å²) >= 11 is 0. The average Bonchev–Trinajstić information content (AvgIpc) is 2.24. The maximum atomic E-state index is 11.6. The molecule has 17 heavy (non-hydrogen) atoms. The van der Waals surface area contributed by atoms with Gasteiger partial charge in [0.15, 0.2) is 9.84 Å². The minimum atomic E-state index is -3.12. The van der Waals surface area contributed by atoms with Gasteiger partial charge in [-0.15, -0.1) is 0 Å². The summed E-state index contributed by atoms with van der Waals surface area (Å²) in [6.07, 6.45) is 2.51. The number of benzene rings is 1. The van der Waals surface area contributed by atoms with Crippen molar-refractivity contribution in [1.29, 1.82) is 0 Å². The quantitative estimate of drug-likeness (QED) is 0.879. The predicted molar refractivity (Wildman–Crippen MR) is 67.5 cm³/mol. The first-order valence-corrected chi connectivity index (χ1v) is 7.05. The van der Waals surface area contributed by atoms with Gasteiger partial charge in [-0.1, -0.05) is 23.8 Å². The molecule has 1 amide bonds. The topological polar surface area (TPSA) is 63.2 Å². The van der Waals surface area contributed by atoms with Gasteiger partial charge in [-0.25, -0.2) is 8.42 Å². The Bertz CT molecular complexity index is 515. The van der Waals surface area contributed by atoms with Crippen molar-refractivity contribution in [3.63, 3.8) is 0 Å². The molecule has 4 nitrogen and oxygen atoms in total. The molecule has 1 aromatic rings. The summed E-state index contributed by atoms with van der Waals surface area (Å²) in [5.41, 5.74) is 1.64. The molecule has 0 spiro atoms. The molecular weight excluding hydrogens is 238 g/mol. The summed E-state index contributed by atoms with van der Waals surface area (Å²) in [5.74, 6) is -0.219. The van der Waals surface area contributed by atoms with Crippen LogP contribution in [0.15, 0.2) is 35.7 Å². The van der Waals surface area contributed by atoms with Gasteiger partial charge in [0, 0.05) is 23.8 Å². The first kappa shape index (κ1) is 13.4. The van der Waals surface area contributed by atoms with Gasteiger partial charge in [0.25, 0.3) is 5.91 Å². The minimum absolute atomic E-state index is 0.194. The van der Waals surface area contributed by atoms with Crippen molar-refractivity contribution in [1.82, 2.24) is 5.32 Å². The van der Waals surface area contributed by atoms with Crippen molar-refractivity contribution in [3.8, 4) is 0 Å². The number of amides is 1. The van der Waals surface area contributed by atoms with Crippen LogP contribution in [0.25, 0.3) is 0 Å². The lowest BCUT2D eigenvalue weighted by atomic mass is 10.1. The van der Waals surface area contributed by atoms with Crippen molar-refractivity contribution in [2.24, 2.45) is 0 Å². The standard InChI is InChI=1S/C12H15NO3S/c1-10-4-6-11(7-5-10)12(14)13-8-3-9-17(2,15)16/h3-7,9H,8H2,1-2H3,(H,13,14)/b9-3+. The third kappa shape index (κ3) is 5.31. The van der Waals surface area contributed by atoms with Crippen LogP contribution in [-0.2, 0) is 9.84 Å². The second-order valence-electron chi connectivity index (χ2n) is 3.78. The Morgan fingerprint density at radius 3 is 2.41 bits per heavy atom. The summed E-state index contributed by atoms with van der Waals surface area (Å²) in [6, 6.07) is 7.15. The lowest BCUT2D eigenvalue weighted by molar-refractivity contribution is 0.0958. The summed E-state index contributed by atoms with van der Waals surface area (Å²) in [5, 5.41) is 3.67. The Hall–Kier alpha value is -1.62. The second-order valence-corrected chi connectivity index (χ2v) is 5.71. The molecule has 0 fully saturated rings. The summed E-state index contributed by atoms with van der Waals surface area (Å²) in [4.78, 5) is 11.6. The van der Waals surface area contributed by atoms with Gasteiger partial charge in [0.1, 0.15) is 0 Å².